The molecule has 0 aromatic rings. The number of carbonyl (C=O) groups is 1. The van der Waals surface area contributed by atoms with Crippen LogP contribution in [0.2, 0.25) is 0 Å². The summed E-state index contributed by atoms with van der Waals surface area (Å²) in [5.41, 5.74) is 0. The second-order valence-electron chi connectivity index (χ2n) is 5.18. The third-order valence-corrected chi connectivity index (χ3v) is 4.03. The molecule has 2 aliphatic rings. The maximum absolute atomic E-state index is 11.4. The standard InChI is InChI=1S/C13H24N2O3/c1-2-12(16)11-5-3-4-6-14(11)7-8-15-9-10-18-13(15)17/h11-12,16H,2-10H2,1H3/t11-,12-/m0/s1. The van der Waals surface area contributed by atoms with Crippen molar-refractivity contribution in [1.29, 1.82) is 0 Å². The van der Waals surface area contributed by atoms with Crippen LogP contribution in [0.1, 0.15) is 32.6 Å². The van der Waals surface area contributed by atoms with Crippen molar-refractivity contribution in [2.24, 2.45) is 0 Å². The van der Waals surface area contributed by atoms with Crippen LogP contribution in [-0.4, -0.2) is 65.9 Å². The van der Waals surface area contributed by atoms with Gasteiger partial charge in [-0.1, -0.05) is 13.3 Å². The van der Waals surface area contributed by atoms with Crippen molar-refractivity contribution in [2.75, 3.05) is 32.8 Å². The molecule has 2 atom stereocenters. The van der Waals surface area contributed by atoms with Crippen LogP contribution in [0.3, 0.4) is 0 Å². The number of piperidine rings is 1. The van der Waals surface area contributed by atoms with E-state index < -0.39 is 0 Å². The Bertz CT molecular complexity index is 285. The van der Waals surface area contributed by atoms with Crippen molar-refractivity contribution in [3.05, 3.63) is 0 Å². The van der Waals surface area contributed by atoms with Gasteiger partial charge in [0.2, 0.25) is 0 Å². The minimum atomic E-state index is -0.240. The minimum Gasteiger partial charge on any atom is -0.448 e. The zero-order valence-corrected chi connectivity index (χ0v) is 11.2. The van der Waals surface area contributed by atoms with E-state index in [4.69, 9.17) is 4.74 Å². The predicted octanol–water partition coefficient (Wildman–Crippen LogP) is 1.06. The SMILES string of the molecule is CC[C@H](O)[C@@H]1CCCCN1CCN1CCOC1=O. The van der Waals surface area contributed by atoms with Gasteiger partial charge in [-0.3, -0.25) is 4.90 Å². The summed E-state index contributed by atoms with van der Waals surface area (Å²) in [4.78, 5) is 15.4. The average Bonchev–Trinajstić information content (AvgIpc) is 2.81. The van der Waals surface area contributed by atoms with Crippen LogP contribution in [0, 0.1) is 0 Å². The highest BCUT2D eigenvalue weighted by atomic mass is 16.6. The number of likely N-dealkylation sites (tertiary alicyclic amines) is 1. The second-order valence-corrected chi connectivity index (χ2v) is 5.18. The smallest absolute Gasteiger partial charge is 0.409 e. The Morgan fingerprint density at radius 3 is 2.89 bits per heavy atom. The summed E-state index contributed by atoms with van der Waals surface area (Å²) < 4.78 is 4.92. The minimum absolute atomic E-state index is 0.195. The lowest BCUT2D eigenvalue weighted by Crippen LogP contribution is -2.49. The van der Waals surface area contributed by atoms with Crippen LogP contribution in [0.4, 0.5) is 4.79 Å². The lowest BCUT2D eigenvalue weighted by atomic mass is 9.96. The van der Waals surface area contributed by atoms with E-state index >= 15 is 0 Å². The number of nitrogens with zero attached hydrogens (tertiary/aromatic N) is 2. The molecule has 0 aliphatic carbocycles. The van der Waals surface area contributed by atoms with Crippen molar-refractivity contribution < 1.29 is 14.6 Å². The second kappa shape index (κ2) is 6.38. The van der Waals surface area contributed by atoms with Gasteiger partial charge >= 0.3 is 6.09 Å². The Hall–Kier alpha value is -0.810. The molecule has 0 aromatic heterocycles. The van der Waals surface area contributed by atoms with Crippen molar-refractivity contribution in [2.45, 2.75) is 44.8 Å². The van der Waals surface area contributed by atoms with Crippen molar-refractivity contribution in [3.8, 4) is 0 Å². The molecule has 5 heteroatoms. The predicted molar refractivity (Wildman–Crippen MR) is 68.4 cm³/mol. The molecule has 18 heavy (non-hydrogen) atoms. The van der Waals surface area contributed by atoms with Crippen molar-refractivity contribution in [3.63, 3.8) is 0 Å². The monoisotopic (exact) mass is 256 g/mol. The third kappa shape index (κ3) is 3.14. The number of amides is 1. The third-order valence-electron chi connectivity index (χ3n) is 4.03. The molecule has 2 heterocycles. The number of carbonyl (C=O) groups excluding carboxylic acids is 1. The number of ether oxygens (including phenoxy) is 1. The van der Waals surface area contributed by atoms with E-state index in [9.17, 15) is 9.90 Å². The largest absolute Gasteiger partial charge is 0.448 e. The number of hydrogen-bond acceptors (Lipinski definition) is 4. The lowest BCUT2D eigenvalue weighted by Gasteiger charge is -2.38. The van der Waals surface area contributed by atoms with E-state index in [1.54, 1.807) is 4.90 Å². The Morgan fingerprint density at radius 1 is 1.39 bits per heavy atom. The van der Waals surface area contributed by atoms with Gasteiger partial charge in [-0.15, -0.1) is 0 Å². The summed E-state index contributed by atoms with van der Waals surface area (Å²) in [7, 11) is 0. The number of hydrogen-bond donors (Lipinski definition) is 1. The quantitative estimate of drug-likeness (QED) is 0.799. The number of aliphatic hydroxyl groups excluding tert-OH is 1. The molecule has 2 fully saturated rings. The summed E-state index contributed by atoms with van der Waals surface area (Å²) in [5.74, 6) is 0. The van der Waals surface area contributed by atoms with E-state index in [0.717, 1.165) is 25.9 Å². The van der Waals surface area contributed by atoms with Gasteiger partial charge in [0.25, 0.3) is 0 Å². The number of aliphatic hydroxyl groups is 1. The zero-order chi connectivity index (χ0) is 13.0. The van der Waals surface area contributed by atoms with Crippen LogP contribution < -0.4 is 0 Å². The summed E-state index contributed by atoms with van der Waals surface area (Å²) in [6.45, 7) is 5.83. The van der Waals surface area contributed by atoms with E-state index in [-0.39, 0.29) is 18.2 Å². The Balaban J connectivity index is 1.83. The molecule has 2 aliphatic heterocycles. The summed E-state index contributed by atoms with van der Waals surface area (Å²) in [6.07, 6.45) is 3.82. The molecule has 104 valence electrons. The van der Waals surface area contributed by atoms with Crippen LogP contribution in [0.15, 0.2) is 0 Å². The molecule has 0 bridgehead atoms. The van der Waals surface area contributed by atoms with Gasteiger partial charge in [0.05, 0.1) is 12.6 Å². The van der Waals surface area contributed by atoms with E-state index in [1.165, 1.54) is 12.8 Å². The first-order valence-corrected chi connectivity index (χ1v) is 7.06. The Morgan fingerprint density at radius 2 is 2.22 bits per heavy atom. The van der Waals surface area contributed by atoms with Gasteiger partial charge in [-0.05, 0) is 25.8 Å². The fraction of sp³-hybridized carbons (Fsp3) is 0.923. The van der Waals surface area contributed by atoms with Gasteiger partial charge < -0.3 is 14.7 Å². The first-order valence-electron chi connectivity index (χ1n) is 7.06. The summed E-state index contributed by atoms with van der Waals surface area (Å²) in [6, 6.07) is 0.266. The highest BCUT2D eigenvalue weighted by molar-refractivity contribution is 5.69. The summed E-state index contributed by atoms with van der Waals surface area (Å²) in [5, 5.41) is 10.1. The first kappa shape index (κ1) is 13.6. The van der Waals surface area contributed by atoms with Crippen molar-refractivity contribution in [1.82, 2.24) is 9.80 Å². The molecule has 0 radical (unpaired) electrons. The fourth-order valence-electron chi connectivity index (χ4n) is 2.88. The van der Waals surface area contributed by atoms with E-state index in [1.807, 2.05) is 6.92 Å². The molecule has 1 amide bonds. The fourth-order valence-corrected chi connectivity index (χ4v) is 2.88. The lowest BCUT2D eigenvalue weighted by molar-refractivity contribution is 0.0213. The van der Waals surface area contributed by atoms with Gasteiger partial charge in [0.15, 0.2) is 0 Å². The van der Waals surface area contributed by atoms with Gasteiger partial charge in [0.1, 0.15) is 6.61 Å². The average molecular weight is 256 g/mol. The van der Waals surface area contributed by atoms with Crippen LogP contribution in [-0.2, 0) is 4.74 Å². The highest BCUT2D eigenvalue weighted by Gasteiger charge is 2.29. The Kier molecular flexibility index (Phi) is 4.83. The molecule has 0 unspecified atom stereocenters. The maximum Gasteiger partial charge on any atom is 0.409 e. The molecule has 2 saturated heterocycles. The molecule has 0 saturated carbocycles. The van der Waals surface area contributed by atoms with E-state index in [2.05, 4.69) is 4.90 Å². The van der Waals surface area contributed by atoms with Crippen LogP contribution >= 0.6 is 0 Å². The molecular formula is C13H24N2O3. The van der Waals surface area contributed by atoms with Crippen LogP contribution in [0.25, 0.3) is 0 Å². The molecule has 2 rings (SSSR count). The van der Waals surface area contributed by atoms with Gasteiger partial charge in [-0.25, -0.2) is 4.79 Å². The summed E-state index contributed by atoms with van der Waals surface area (Å²) >= 11 is 0. The maximum atomic E-state index is 11.4. The van der Waals surface area contributed by atoms with Crippen molar-refractivity contribution >= 4 is 6.09 Å². The first-order chi connectivity index (χ1) is 8.72. The number of cyclic esters (lactones) is 1. The molecule has 1 N–H and O–H groups in total. The van der Waals surface area contributed by atoms with Gasteiger partial charge in [-0.2, -0.15) is 0 Å². The Labute approximate surface area is 109 Å². The molecule has 5 nitrogen and oxygen atoms in total. The topological polar surface area (TPSA) is 53.0 Å². The highest BCUT2D eigenvalue weighted by Crippen LogP contribution is 2.21. The van der Waals surface area contributed by atoms with Gasteiger partial charge in [0, 0.05) is 19.1 Å². The molecule has 0 spiro atoms. The molecular weight excluding hydrogens is 232 g/mol. The zero-order valence-electron chi connectivity index (χ0n) is 11.2. The number of rotatable bonds is 5. The normalized spacial score (nSPS) is 27.3. The van der Waals surface area contributed by atoms with E-state index in [0.29, 0.717) is 19.7 Å². The molecule has 0 aromatic carbocycles. The van der Waals surface area contributed by atoms with Crippen LogP contribution in [0.5, 0.6) is 0 Å².